The Morgan fingerprint density at radius 2 is 1.52 bits per heavy atom. The van der Waals surface area contributed by atoms with Crippen LogP contribution in [0.1, 0.15) is 19.4 Å². The van der Waals surface area contributed by atoms with Gasteiger partial charge >= 0.3 is 0 Å². The van der Waals surface area contributed by atoms with E-state index in [1.165, 1.54) is 34.6 Å². The molecule has 0 bridgehead atoms. The molecule has 1 N–H and O–H groups in total. The van der Waals surface area contributed by atoms with Crippen LogP contribution in [0.3, 0.4) is 0 Å². The minimum Gasteiger partial charge on any atom is -0.486 e. The first-order chi connectivity index (χ1) is 13.7. The molecule has 29 heavy (non-hydrogen) atoms. The predicted octanol–water partition coefficient (Wildman–Crippen LogP) is 2.60. The molecule has 1 heterocycles. The van der Waals surface area contributed by atoms with Gasteiger partial charge in [0.2, 0.25) is 10.0 Å². The maximum atomic E-state index is 12.9. The SMILES string of the molecule is CCN(CC)S(=O)(=O)c1ccc(C)c(NS(=O)(=O)c2ccc3c(c2)OCCO3)c1. The number of sulfonamides is 2. The van der Waals surface area contributed by atoms with Crippen LogP contribution < -0.4 is 14.2 Å². The number of ether oxygens (including phenoxy) is 2. The van der Waals surface area contributed by atoms with Gasteiger partial charge in [-0.3, -0.25) is 4.72 Å². The van der Waals surface area contributed by atoms with E-state index in [1.54, 1.807) is 26.8 Å². The van der Waals surface area contributed by atoms with Gasteiger partial charge in [-0.2, -0.15) is 4.31 Å². The highest BCUT2D eigenvalue weighted by molar-refractivity contribution is 7.92. The number of nitrogens with zero attached hydrogens (tertiary/aromatic N) is 1. The summed E-state index contributed by atoms with van der Waals surface area (Å²) in [7, 11) is -7.67. The summed E-state index contributed by atoms with van der Waals surface area (Å²) in [6.07, 6.45) is 0. The van der Waals surface area contributed by atoms with E-state index in [1.807, 2.05) is 0 Å². The summed E-state index contributed by atoms with van der Waals surface area (Å²) in [5.41, 5.74) is 0.803. The summed E-state index contributed by atoms with van der Waals surface area (Å²) in [4.78, 5) is 0.0322. The second kappa shape index (κ2) is 8.21. The molecule has 0 saturated heterocycles. The van der Waals surface area contributed by atoms with Gasteiger partial charge in [0.1, 0.15) is 13.2 Å². The predicted molar refractivity (Wildman–Crippen MR) is 110 cm³/mol. The number of fused-ring (bicyclic) bond motifs is 1. The van der Waals surface area contributed by atoms with Crippen LogP contribution >= 0.6 is 0 Å². The molecular formula is C19H24N2O6S2. The molecule has 0 aliphatic carbocycles. The summed E-state index contributed by atoms with van der Waals surface area (Å²) < 4.78 is 66.0. The molecule has 0 unspecified atom stereocenters. The number of rotatable bonds is 7. The van der Waals surface area contributed by atoms with E-state index in [0.29, 0.717) is 43.4 Å². The molecule has 10 heteroatoms. The third kappa shape index (κ3) is 4.34. The normalized spacial score (nSPS) is 14.1. The van der Waals surface area contributed by atoms with Crippen molar-refractivity contribution >= 4 is 25.7 Å². The molecule has 0 spiro atoms. The third-order valence-corrected chi connectivity index (χ3v) is 8.03. The summed E-state index contributed by atoms with van der Waals surface area (Å²) in [6, 6.07) is 8.75. The molecule has 8 nitrogen and oxygen atoms in total. The van der Waals surface area contributed by atoms with E-state index in [9.17, 15) is 16.8 Å². The van der Waals surface area contributed by atoms with Crippen LogP contribution in [-0.4, -0.2) is 47.4 Å². The molecule has 158 valence electrons. The number of nitrogens with one attached hydrogen (secondary N) is 1. The Morgan fingerprint density at radius 3 is 2.17 bits per heavy atom. The van der Waals surface area contributed by atoms with Crippen molar-refractivity contribution in [2.24, 2.45) is 0 Å². The molecule has 1 aliphatic rings. The average Bonchev–Trinajstić information content (AvgIpc) is 2.69. The van der Waals surface area contributed by atoms with Crippen LogP contribution in [0.2, 0.25) is 0 Å². The Bertz CT molecular complexity index is 1110. The highest BCUT2D eigenvalue weighted by Gasteiger charge is 2.24. The fourth-order valence-electron chi connectivity index (χ4n) is 2.98. The zero-order chi connectivity index (χ0) is 21.2. The van der Waals surface area contributed by atoms with Gasteiger partial charge in [-0.1, -0.05) is 19.9 Å². The Balaban J connectivity index is 1.95. The first-order valence-corrected chi connectivity index (χ1v) is 12.1. The van der Waals surface area contributed by atoms with Crippen LogP contribution in [-0.2, 0) is 20.0 Å². The van der Waals surface area contributed by atoms with Crippen molar-refractivity contribution in [1.82, 2.24) is 4.31 Å². The van der Waals surface area contributed by atoms with Crippen molar-refractivity contribution in [3.8, 4) is 11.5 Å². The Hall–Kier alpha value is -2.30. The van der Waals surface area contributed by atoms with Crippen molar-refractivity contribution in [2.45, 2.75) is 30.6 Å². The standard InChI is InChI=1S/C19H24N2O6S2/c1-4-21(5-2)29(24,25)16-7-6-14(3)17(12-16)20-28(22,23)15-8-9-18-19(13-15)27-11-10-26-18/h6-9,12-13,20H,4-5,10-11H2,1-3H3. The first kappa shape index (κ1) is 21.4. The Kier molecular flexibility index (Phi) is 6.06. The highest BCUT2D eigenvalue weighted by Crippen LogP contribution is 2.33. The van der Waals surface area contributed by atoms with Gasteiger partial charge in [0.15, 0.2) is 11.5 Å². The van der Waals surface area contributed by atoms with Crippen molar-refractivity contribution in [3.63, 3.8) is 0 Å². The molecule has 0 amide bonds. The third-order valence-electron chi connectivity index (χ3n) is 4.62. The lowest BCUT2D eigenvalue weighted by molar-refractivity contribution is 0.171. The second-order valence-corrected chi connectivity index (χ2v) is 10.1. The van der Waals surface area contributed by atoms with Crippen LogP contribution in [0.25, 0.3) is 0 Å². The quantitative estimate of drug-likeness (QED) is 0.710. The zero-order valence-corrected chi connectivity index (χ0v) is 18.1. The van der Waals surface area contributed by atoms with E-state index >= 15 is 0 Å². The second-order valence-electron chi connectivity index (χ2n) is 6.48. The molecule has 0 atom stereocenters. The minimum atomic E-state index is -3.96. The Labute approximate surface area is 171 Å². The van der Waals surface area contributed by atoms with Crippen LogP contribution in [0.4, 0.5) is 5.69 Å². The fraction of sp³-hybridized carbons (Fsp3) is 0.368. The molecule has 0 radical (unpaired) electrons. The summed E-state index contributed by atoms with van der Waals surface area (Å²) in [5.74, 6) is 0.840. The number of hydrogen-bond acceptors (Lipinski definition) is 6. The van der Waals surface area contributed by atoms with Crippen molar-refractivity contribution in [2.75, 3.05) is 31.0 Å². The van der Waals surface area contributed by atoms with Crippen molar-refractivity contribution < 1.29 is 26.3 Å². The molecule has 0 aromatic heterocycles. The van der Waals surface area contributed by atoms with Crippen molar-refractivity contribution in [1.29, 1.82) is 0 Å². The Morgan fingerprint density at radius 1 is 0.897 bits per heavy atom. The topological polar surface area (TPSA) is 102 Å². The average molecular weight is 441 g/mol. The molecule has 3 rings (SSSR count). The van der Waals surface area contributed by atoms with Gasteiger partial charge in [-0.25, -0.2) is 16.8 Å². The van der Waals surface area contributed by atoms with Gasteiger partial charge in [0.25, 0.3) is 10.0 Å². The van der Waals surface area contributed by atoms with E-state index in [0.717, 1.165) is 0 Å². The summed E-state index contributed by atoms with van der Waals surface area (Å²) in [6.45, 7) is 6.60. The van der Waals surface area contributed by atoms with Gasteiger partial charge < -0.3 is 9.47 Å². The van der Waals surface area contributed by atoms with Crippen LogP contribution in [0, 0.1) is 6.92 Å². The van der Waals surface area contributed by atoms with Gasteiger partial charge in [0.05, 0.1) is 15.5 Å². The monoisotopic (exact) mass is 440 g/mol. The smallest absolute Gasteiger partial charge is 0.262 e. The maximum Gasteiger partial charge on any atom is 0.262 e. The molecule has 0 saturated carbocycles. The van der Waals surface area contributed by atoms with Crippen LogP contribution in [0.5, 0.6) is 11.5 Å². The number of aryl methyl sites for hydroxylation is 1. The van der Waals surface area contributed by atoms with Crippen LogP contribution in [0.15, 0.2) is 46.2 Å². The lowest BCUT2D eigenvalue weighted by atomic mass is 10.2. The number of hydrogen-bond donors (Lipinski definition) is 1. The van der Waals surface area contributed by atoms with E-state index < -0.39 is 20.0 Å². The maximum absolute atomic E-state index is 12.9. The largest absolute Gasteiger partial charge is 0.486 e. The summed E-state index contributed by atoms with van der Waals surface area (Å²) in [5, 5.41) is 0. The minimum absolute atomic E-state index is 0.00171. The lowest BCUT2D eigenvalue weighted by Crippen LogP contribution is -2.30. The molecular weight excluding hydrogens is 416 g/mol. The first-order valence-electron chi connectivity index (χ1n) is 9.22. The summed E-state index contributed by atoms with van der Waals surface area (Å²) >= 11 is 0. The van der Waals surface area contributed by atoms with Gasteiger partial charge in [-0.05, 0) is 36.8 Å². The number of anilines is 1. The number of benzene rings is 2. The van der Waals surface area contributed by atoms with Gasteiger partial charge in [0, 0.05) is 19.2 Å². The lowest BCUT2D eigenvalue weighted by Gasteiger charge is -2.20. The van der Waals surface area contributed by atoms with Gasteiger partial charge in [-0.15, -0.1) is 0 Å². The van der Waals surface area contributed by atoms with E-state index in [2.05, 4.69) is 4.72 Å². The fourth-order valence-corrected chi connectivity index (χ4v) is 5.60. The van der Waals surface area contributed by atoms with Crippen molar-refractivity contribution in [3.05, 3.63) is 42.0 Å². The van der Waals surface area contributed by atoms with E-state index in [4.69, 9.17) is 9.47 Å². The highest BCUT2D eigenvalue weighted by atomic mass is 32.2. The molecule has 1 aliphatic heterocycles. The van der Waals surface area contributed by atoms with E-state index in [-0.39, 0.29) is 15.5 Å². The zero-order valence-electron chi connectivity index (χ0n) is 16.5. The molecule has 2 aromatic carbocycles. The molecule has 0 fully saturated rings. The molecule has 2 aromatic rings.